The number of nitrogens with one attached hydrogen (secondary N) is 1. The monoisotopic (exact) mass is 514 g/mol. The molecule has 0 radical (unpaired) electrons. The first-order valence-electron chi connectivity index (χ1n) is 12.7. The molecular weight excluding hydrogens is 468 g/mol. The van der Waals surface area contributed by atoms with Crippen molar-refractivity contribution in [1.82, 2.24) is 10.2 Å². The van der Waals surface area contributed by atoms with Crippen LogP contribution in [0, 0.1) is 25.2 Å². The van der Waals surface area contributed by atoms with E-state index in [2.05, 4.69) is 43.4 Å². The van der Waals surface area contributed by atoms with Crippen LogP contribution >= 0.6 is 0 Å². The van der Waals surface area contributed by atoms with E-state index in [9.17, 15) is 19.8 Å². The van der Waals surface area contributed by atoms with E-state index in [4.69, 9.17) is 5.26 Å². The van der Waals surface area contributed by atoms with Crippen LogP contribution in [-0.4, -0.2) is 65.0 Å². The van der Waals surface area contributed by atoms with Gasteiger partial charge in [-0.1, -0.05) is 37.1 Å². The molecule has 3 atom stereocenters. The number of carbonyl (C=O) groups excluding carboxylic acids is 2. The number of aryl methyl sites for hydroxylation is 2. The van der Waals surface area contributed by atoms with E-state index < -0.39 is 18.2 Å². The number of allylic oxidation sites excluding steroid dienone is 1. The van der Waals surface area contributed by atoms with Gasteiger partial charge in [-0.25, -0.2) is 0 Å². The van der Waals surface area contributed by atoms with Crippen molar-refractivity contribution in [3.05, 3.63) is 60.3 Å². The van der Waals surface area contributed by atoms with Crippen LogP contribution in [0.2, 0.25) is 0 Å². The minimum absolute atomic E-state index is 0.167. The van der Waals surface area contributed by atoms with E-state index in [0.717, 1.165) is 42.6 Å². The highest BCUT2D eigenvalue weighted by atomic mass is 16.3. The number of nitriles is 1. The van der Waals surface area contributed by atoms with Crippen molar-refractivity contribution in [3.63, 3.8) is 0 Å². The molecule has 0 bridgehead atoms. The van der Waals surface area contributed by atoms with Crippen LogP contribution in [0.5, 0.6) is 0 Å². The molecule has 3 N–H and O–H groups in total. The fourth-order valence-electron chi connectivity index (χ4n) is 3.56. The van der Waals surface area contributed by atoms with Gasteiger partial charge in [0.05, 0.1) is 24.6 Å². The Hall–Kier alpha value is -3.28. The number of hydrogen-bond donors (Lipinski definition) is 3. The zero-order valence-corrected chi connectivity index (χ0v) is 23.2. The van der Waals surface area contributed by atoms with Gasteiger partial charge in [0.25, 0.3) is 5.91 Å². The Morgan fingerprint density at radius 3 is 2.19 bits per heavy atom. The van der Waals surface area contributed by atoms with Crippen LogP contribution in [0.3, 0.4) is 0 Å². The molecule has 0 spiro atoms. The summed E-state index contributed by atoms with van der Waals surface area (Å²) in [5.74, 6) is 0.167. The van der Waals surface area contributed by atoms with Gasteiger partial charge in [0.2, 0.25) is 6.41 Å². The molecule has 0 aromatic heterocycles. The van der Waals surface area contributed by atoms with Crippen LogP contribution in [0.15, 0.2) is 48.6 Å². The first-order valence-corrected chi connectivity index (χ1v) is 12.7. The zero-order valence-electron chi connectivity index (χ0n) is 23.2. The van der Waals surface area contributed by atoms with Crippen molar-refractivity contribution >= 4 is 18.5 Å². The van der Waals surface area contributed by atoms with Gasteiger partial charge in [0, 0.05) is 31.1 Å². The molecule has 0 saturated carbocycles. The SMILES string of the molecule is C=C.CC=N/C=C\CCC(NC=O)C(O)C(O)CC#N.CCCN(CCC)C(=O)c1cc(C)cc(C)c1. The van der Waals surface area contributed by atoms with Gasteiger partial charge in [-0.15, -0.1) is 13.2 Å². The normalized spacial score (nSPS) is 12.8. The average Bonchev–Trinajstić information content (AvgIpc) is 2.88. The predicted molar refractivity (Wildman–Crippen MR) is 151 cm³/mol. The Labute approximate surface area is 223 Å². The summed E-state index contributed by atoms with van der Waals surface area (Å²) >= 11 is 0. The Kier molecular flexibility index (Phi) is 22.4. The number of amides is 2. The van der Waals surface area contributed by atoms with Crippen molar-refractivity contribution in [2.75, 3.05) is 13.1 Å². The molecule has 0 aliphatic rings. The summed E-state index contributed by atoms with van der Waals surface area (Å²) in [4.78, 5) is 28.6. The van der Waals surface area contributed by atoms with E-state index in [0.29, 0.717) is 19.3 Å². The summed E-state index contributed by atoms with van der Waals surface area (Å²) in [7, 11) is 0. The molecule has 8 nitrogen and oxygen atoms in total. The second-order valence-electron chi connectivity index (χ2n) is 8.35. The third-order valence-electron chi connectivity index (χ3n) is 5.12. The van der Waals surface area contributed by atoms with Crippen molar-refractivity contribution in [3.8, 4) is 6.07 Å². The summed E-state index contributed by atoms with van der Waals surface area (Å²) in [6, 6.07) is 7.25. The predicted octanol–water partition coefficient (Wildman–Crippen LogP) is 4.49. The largest absolute Gasteiger partial charge is 0.389 e. The van der Waals surface area contributed by atoms with Crippen LogP contribution < -0.4 is 5.32 Å². The molecule has 0 aliphatic carbocycles. The Morgan fingerprint density at radius 1 is 1.16 bits per heavy atom. The van der Waals surface area contributed by atoms with E-state index in [1.165, 1.54) is 0 Å². The maximum absolute atomic E-state index is 12.4. The molecule has 206 valence electrons. The molecule has 0 heterocycles. The number of carbonyl (C=O) groups is 2. The van der Waals surface area contributed by atoms with Crippen LogP contribution in [0.25, 0.3) is 0 Å². The fraction of sp³-hybridized carbons (Fsp3) is 0.517. The molecule has 3 unspecified atom stereocenters. The number of hydrogen-bond acceptors (Lipinski definition) is 6. The molecule has 0 aliphatic heterocycles. The van der Waals surface area contributed by atoms with Crippen LogP contribution in [0.1, 0.15) is 74.4 Å². The molecule has 1 aromatic rings. The first kappa shape index (κ1) is 35.9. The number of rotatable bonds is 14. The lowest BCUT2D eigenvalue weighted by Gasteiger charge is -2.24. The summed E-state index contributed by atoms with van der Waals surface area (Å²) in [6.45, 7) is 17.8. The summed E-state index contributed by atoms with van der Waals surface area (Å²) in [5, 5.41) is 30.1. The number of benzene rings is 1. The van der Waals surface area contributed by atoms with Gasteiger partial charge in [0.15, 0.2) is 0 Å². The van der Waals surface area contributed by atoms with Gasteiger partial charge in [0.1, 0.15) is 6.10 Å². The number of aliphatic hydroxyl groups excluding tert-OH is 2. The minimum Gasteiger partial charge on any atom is -0.389 e. The summed E-state index contributed by atoms with van der Waals surface area (Å²) in [6.07, 6.45) is 6.12. The number of aliphatic hydroxyl groups is 2. The zero-order chi connectivity index (χ0) is 28.6. The molecule has 1 aromatic carbocycles. The Bertz CT molecular complexity index is 838. The van der Waals surface area contributed by atoms with Gasteiger partial charge in [-0.3, -0.25) is 14.6 Å². The smallest absolute Gasteiger partial charge is 0.253 e. The minimum atomic E-state index is -1.16. The molecule has 0 fully saturated rings. The van der Waals surface area contributed by atoms with Gasteiger partial charge in [-0.2, -0.15) is 5.26 Å². The lowest BCUT2D eigenvalue weighted by atomic mass is 9.99. The van der Waals surface area contributed by atoms with E-state index >= 15 is 0 Å². The van der Waals surface area contributed by atoms with Crippen LogP contribution in [-0.2, 0) is 4.79 Å². The number of nitrogens with zero attached hydrogens (tertiary/aromatic N) is 3. The quantitative estimate of drug-likeness (QED) is 0.192. The molecule has 1 rings (SSSR count). The lowest BCUT2D eigenvalue weighted by molar-refractivity contribution is -0.111. The topological polar surface area (TPSA) is 126 Å². The van der Waals surface area contributed by atoms with Crippen molar-refractivity contribution < 1.29 is 19.8 Å². The first-order chi connectivity index (χ1) is 17.7. The van der Waals surface area contributed by atoms with E-state index in [1.54, 1.807) is 31.5 Å². The Morgan fingerprint density at radius 2 is 1.73 bits per heavy atom. The molecule has 0 saturated heterocycles. The number of aliphatic imine (C=N–C) groups is 1. The molecule has 37 heavy (non-hydrogen) atoms. The second kappa shape index (κ2) is 23.1. The highest BCUT2D eigenvalue weighted by Crippen LogP contribution is 2.12. The van der Waals surface area contributed by atoms with Crippen LogP contribution in [0.4, 0.5) is 0 Å². The van der Waals surface area contributed by atoms with E-state index in [-0.39, 0.29) is 12.3 Å². The lowest BCUT2D eigenvalue weighted by Crippen LogP contribution is -2.45. The maximum Gasteiger partial charge on any atom is 0.253 e. The summed E-state index contributed by atoms with van der Waals surface area (Å²) < 4.78 is 0. The molecule has 8 heteroatoms. The highest BCUT2D eigenvalue weighted by molar-refractivity contribution is 5.94. The Balaban J connectivity index is 0. The van der Waals surface area contributed by atoms with Crippen molar-refractivity contribution in [2.24, 2.45) is 4.99 Å². The third kappa shape index (κ3) is 16.2. The standard InChI is InChI=1S/C15H23NO.C12H19N3O3.C2H4/c1-5-7-16(8-6-2)15(17)14-10-12(3)9-13(4)11-14;1-2-14-8-4-3-5-10(15-9-16)12(18)11(17)6-7-13;1-2/h9-11H,5-8H2,1-4H3;2,4,8-12,17-18H,3,5-6H2,1H3,(H,15,16);1-2H2/b;8-4-,14-2?;. The highest BCUT2D eigenvalue weighted by Gasteiger charge is 2.25. The van der Waals surface area contributed by atoms with Gasteiger partial charge < -0.3 is 20.4 Å². The van der Waals surface area contributed by atoms with Crippen molar-refractivity contribution in [1.29, 1.82) is 5.26 Å². The van der Waals surface area contributed by atoms with Gasteiger partial charge >= 0.3 is 0 Å². The summed E-state index contributed by atoms with van der Waals surface area (Å²) in [5.41, 5.74) is 3.13. The van der Waals surface area contributed by atoms with E-state index in [1.807, 2.05) is 30.9 Å². The van der Waals surface area contributed by atoms with Crippen molar-refractivity contribution in [2.45, 2.75) is 85.0 Å². The molecular formula is C29H46N4O4. The fourth-order valence-corrected chi connectivity index (χ4v) is 3.56. The second-order valence-corrected chi connectivity index (χ2v) is 8.35. The maximum atomic E-state index is 12.4. The van der Waals surface area contributed by atoms with Gasteiger partial charge in [-0.05, 0) is 58.6 Å². The molecule has 2 amide bonds. The average molecular weight is 515 g/mol. The third-order valence-corrected chi connectivity index (χ3v) is 5.12.